The van der Waals surface area contributed by atoms with Crippen molar-refractivity contribution in [2.45, 2.75) is 25.7 Å². The number of nitrogens with zero attached hydrogens (tertiary/aromatic N) is 1. The Hall–Kier alpha value is -2.02. The summed E-state index contributed by atoms with van der Waals surface area (Å²) < 4.78 is 10.1. The predicted molar refractivity (Wildman–Crippen MR) is 101 cm³/mol. The molecule has 0 bridgehead atoms. The van der Waals surface area contributed by atoms with Gasteiger partial charge in [-0.1, -0.05) is 22.0 Å². The average Bonchev–Trinajstić information content (AvgIpc) is 2.59. The van der Waals surface area contributed by atoms with Crippen molar-refractivity contribution in [3.05, 3.63) is 46.8 Å². The Kier molecular flexibility index (Phi) is 8.48. The summed E-state index contributed by atoms with van der Waals surface area (Å²) in [5.74, 6) is -0.780. The lowest BCUT2D eigenvalue weighted by molar-refractivity contribution is -0.139. The van der Waals surface area contributed by atoms with Crippen LogP contribution < -0.4 is 5.32 Å². The smallest absolute Gasteiger partial charge is 0.337 e. The third kappa shape index (κ3) is 5.49. The number of allylic oxidation sites excluding steroid dienone is 1. The molecule has 1 aliphatic heterocycles. The minimum absolute atomic E-state index is 0.180. The van der Waals surface area contributed by atoms with Gasteiger partial charge in [-0.2, -0.15) is 0 Å². The number of esters is 2. The number of alkyl halides is 1. The first-order chi connectivity index (χ1) is 11.9. The zero-order chi connectivity index (χ0) is 19.0. The summed E-state index contributed by atoms with van der Waals surface area (Å²) >= 11 is 3.53. The van der Waals surface area contributed by atoms with Gasteiger partial charge in [0.15, 0.2) is 0 Å². The zero-order valence-corrected chi connectivity index (χ0v) is 16.8. The first kappa shape index (κ1) is 21.0. The number of halogens is 1. The SMILES string of the molecule is C/C=C(\C=C(/NC)C1=CC(C(=O)OCC)=CC(Br)N1C)C(=O)OCC. The second-order valence-electron chi connectivity index (χ2n) is 5.13. The molecule has 0 aliphatic carbocycles. The highest BCUT2D eigenvalue weighted by Gasteiger charge is 2.24. The number of likely N-dealkylation sites (N-methyl/N-ethyl adjacent to an activating group) is 2. The van der Waals surface area contributed by atoms with E-state index < -0.39 is 5.97 Å². The fourth-order valence-corrected chi connectivity index (χ4v) is 2.71. The maximum Gasteiger partial charge on any atom is 0.337 e. The second kappa shape index (κ2) is 10.1. The van der Waals surface area contributed by atoms with Gasteiger partial charge >= 0.3 is 11.9 Å². The number of carbonyl (C=O) groups excluding carboxylic acids is 2. The Labute approximate surface area is 157 Å². The van der Waals surface area contributed by atoms with Gasteiger partial charge in [0.1, 0.15) is 4.95 Å². The van der Waals surface area contributed by atoms with Crippen molar-refractivity contribution in [2.24, 2.45) is 0 Å². The minimum atomic E-state index is -0.395. The summed E-state index contributed by atoms with van der Waals surface area (Å²) in [7, 11) is 3.64. The molecule has 0 aromatic rings. The molecule has 138 valence electrons. The fraction of sp³-hybridized carbons (Fsp3) is 0.444. The van der Waals surface area contributed by atoms with Crippen LogP contribution in [0.25, 0.3) is 0 Å². The molecule has 0 radical (unpaired) electrons. The quantitative estimate of drug-likeness (QED) is 0.228. The van der Waals surface area contributed by atoms with Crippen molar-refractivity contribution >= 4 is 27.9 Å². The number of hydrogen-bond acceptors (Lipinski definition) is 6. The van der Waals surface area contributed by atoms with E-state index in [4.69, 9.17) is 9.47 Å². The average molecular weight is 413 g/mol. The molecule has 1 heterocycles. The molecule has 6 nitrogen and oxygen atoms in total. The number of nitrogens with one attached hydrogen (secondary N) is 1. The van der Waals surface area contributed by atoms with Crippen LogP contribution in [0.1, 0.15) is 20.8 Å². The number of ether oxygens (including phenoxy) is 2. The lowest BCUT2D eigenvalue weighted by atomic mass is 10.1. The molecule has 0 saturated carbocycles. The summed E-state index contributed by atoms with van der Waals surface area (Å²) in [6, 6.07) is 0. The van der Waals surface area contributed by atoms with Gasteiger partial charge in [-0.05, 0) is 39.0 Å². The first-order valence-corrected chi connectivity index (χ1v) is 9.01. The van der Waals surface area contributed by atoms with E-state index in [1.165, 1.54) is 0 Å². The highest BCUT2D eigenvalue weighted by atomic mass is 79.9. The third-order valence-electron chi connectivity index (χ3n) is 3.54. The monoisotopic (exact) mass is 412 g/mol. The maximum atomic E-state index is 12.1. The normalized spacial score (nSPS) is 18.3. The molecule has 0 amide bonds. The predicted octanol–water partition coefficient (Wildman–Crippen LogP) is 2.64. The molecule has 1 aliphatic rings. The van der Waals surface area contributed by atoms with Gasteiger partial charge in [0.2, 0.25) is 0 Å². The van der Waals surface area contributed by atoms with Crippen LogP contribution in [0.3, 0.4) is 0 Å². The van der Waals surface area contributed by atoms with E-state index in [1.54, 1.807) is 52.1 Å². The van der Waals surface area contributed by atoms with Gasteiger partial charge in [-0.15, -0.1) is 0 Å². The molecule has 7 heteroatoms. The van der Waals surface area contributed by atoms with Gasteiger partial charge < -0.3 is 19.7 Å². The van der Waals surface area contributed by atoms with E-state index in [2.05, 4.69) is 21.2 Å². The molecule has 0 fully saturated rings. The minimum Gasteiger partial charge on any atom is -0.462 e. The van der Waals surface area contributed by atoms with Gasteiger partial charge in [0.25, 0.3) is 0 Å². The van der Waals surface area contributed by atoms with E-state index >= 15 is 0 Å². The molecule has 0 aromatic carbocycles. The second-order valence-corrected chi connectivity index (χ2v) is 6.07. The van der Waals surface area contributed by atoms with Crippen molar-refractivity contribution in [1.29, 1.82) is 0 Å². The Bertz CT molecular complexity index is 635. The van der Waals surface area contributed by atoms with Gasteiger partial charge in [0, 0.05) is 14.1 Å². The fourth-order valence-electron chi connectivity index (χ4n) is 2.20. The van der Waals surface area contributed by atoms with Gasteiger partial charge in [-0.3, -0.25) is 0 Å². The van der Waals surface area contributed by atoms with E-state index in [0.29, 0.717) is 30.1 Å². The molecule has 25 heavy (non-hydrogen) atoms. The topological polar surface area (TPSA) is 67.9 Å². The van der Waals surface area contributed by atoms with Crippen molar-refractivity contribution < 1.29 is 19.1 Å². The lowest BCUT2D eigenvalue weighted by Crippen LogP contribution is -2.32. The van der Waals surface area contributed by atoms with E-state index in [0.717, 1.165) is 5.70 Å². The van der Waals surface area contributed by atoms with Crippen molar-refractivity contribution in [1.82, 2.24) is 10.2 Å². The van der Waals surface area contributed by atoms with Crippen molar-refractivity contribution in [3.8, 4) is 0 Å². The highest BCUT2D eigenvalue weighted by Crippen LogP contribution is 2.27. The Morgan fingerprint density at radius 2 is 1.96 bits per heavy atom. The standard InChI is InChI=1S/C18H25BrN2O4/c1-6-12(17(22)24-7-2)9-14(20-4)15-10-13(18(23)25-8-3)11-16(19)21(15)5/h6,9-11,16,20H,7-8H2,1-5H3/b12-6+,14-9-. The largest absolute Gasteiger partial charge is 0.462 e. The van der Waals surface area contributed by atoms with Crippen LogP contribution in [0.4, 0.5) is 0 Å². The molecule has 1 rings (SSSR count). The molecular formula is C18H25BrN2O4. The van der Waals surface area contributed by atoms with E-state index in [1.807, 2.05) is 11.9 Å². The maximum absolute atomic E-state index is 12.1. The Balaban J connectivity index is 3.26. The van der Waals surface area contributed by atoms with Crippen molar-refractivity contribution in [2.75, 3.05) is 27.3 Å². The molecule has 0 saturated heterocycles. The number of rotatable bonds is 7. The molecule has 0 spiro atoms. The van der Waals surface area contributed by atoms with E-state index in [-0.39, 0.29) is 10.9 Å². The molecule has 1 atom stereocenters. The van der Waals surface area contributed by atoms with Crippen LogP contribution in [0.15, 0.2) is 46.8 Å². The lowest BCUT2D eigenvalue weighted by Gasteiger charge is -2.31. The van der Waals surface area contributed by atoms with Crippen LogP contribution in [-0.4, -0.2) is 49.1 Å². The van der Waals surface area contributed by atoms with Gasteiger partial charge in [-0.25, -0.2) is 9.59 Å². The van der Waals surface area contributed by atoms with Crippen LogP contribution in [-0.2, 0) is 19.1 Å². The summed E-state index contributed by atoms with van der Waals surface area (Å²) in [6.07, 6.45) is 6.90. The number of carbonyl (C=O) groups is 2. The van der Waals surface area contributed by atoms with Crippen LogP contribution in [0.5, 0.6) is 0 Å². The van der Waals surface area contributed by atoms with Crippen LogP contribution in [0, 0.1) is 0 Å². The summed E-state index contributed by atoms with van der Waals surface area (Å²) in [5, 5.41) is 3.08. The molecule has 1 N–H and O–H groups in total. The summed E-state index contributed by atoms with van der Waals surface area (Å²) in [6.45, 7) is 5.91. The molecule has 1 unspecified atom stereocenters. The van der Waals surface area contributed by atoms with E-state index in [9.17, 15) is 9.59 Å². The zero-order valence-electron chi connectivity index (χ0n) is 15.3. The van der Waals surface area contributed by atoms with Crippen LogP contribution >= 0.6 is 15.9 Å². The van der Waals surface area contributed by atoms with Crippen molar-refractivity contribution in [3.63, 3.8) is 0 Å². The molecular weight excluding hydrogens is 388 g/mol. The molecule has 0 aromatic heterocycles. The summed E-state index contributed by atoms with van der Waals surface area (Å²) in [4.78, 5) is 25.9. The number of hydrogen-bond donors (Lipinski definition) is 1. The van der Waals surface area contributed by atoms with Crippen LogP contribution in [0.2, 0.25) is 0 Å². The first-order valence-electron chi connectivity index (χ1n) is 8.10. The summed E-state index contributed by atoms with van der Waals surface area (Å²) in [5.41, 5.74) is 2.32. The Morgan fingerprint density at radius 1 is 1.32 bits per heavy atom. The van der Waals surface area contributed by atoms with Gasteiger partial charge in [0.05, 0.1) is 35.8 Å². The Morgan fingerprint density at radius 3 is 2.48 bits per heavy atom. The highest BCUT2D eigenvalue weighted by molar-refractivity contribution is 9.09. The third-order valence-corrected chi connectivity index (χ3v) is 4.42.